The lowest BCUT2D eigenvalue weighted by molar-refractivity contribution is -0.147. The molecule has 4 rings (SSSR count). The Morgan fingerprint density at radius 2 is 2.00 bits per heavy atom. The zero-order chi connectivity index (χ0) is 20.5. The van der Waals surface area contributed by atoms with Crippen LogP contribution < -0.4 is 5.32 Å². The van der Waals surface area contributed by atoms with Gasteiger partial charge in [-0.15, -0.1) is 0 Å². The molecule has 2 saturated heterocycles. The highest BCUT2D eigenvalue weighted by Crippen LogP contribution is 2.59. The fraction of sp³-hybridized carbons (Fsp3) is 0.833. The largest absolute Gasteiger partial charge is 0.376 e. The topological polar surface area (TPSA) is 58.6 Å². The van der Waals surface area contributed by atoms with Gasteiger partial charge < -0.3 is 15.0 Å². The monoisotopic (exact) mass is 402 g/mol. The Labute approximate surface area is 175 Å². The van der Waals surface area contributed by atoms with E-state index >= 15 is 0 Å². The maximum absolute atomic E-state index is 13.0. The van der Waals surface area contributed by atoms with E-state index < -0.39 is 0 Å². The molecule has 0 aromatic rings. The predicted molar refractivity (Wildman–Crippen MR) is 113 cm³/mol. The molecular weight excluding hydrogens is 364 g/mol. The molecule has 5 heteroatoms. The Bertz CT molecular complexity index is 661. The summed E-state index contributed by atoms with van der Waals surface area (Å²) in [5, 5.41) is 3.18. The van der Waals surface area contributed by atoms with Crippen LogP contribution in [-0.4, -0.2) is 48.6 Å². The lowest BCUT2D eigenvalue weighted by Gasteiger charge is -2.39. The van der Waals surface area contributed by atoms with Crippen LogP contribution in [0.25, 0.3) is 0 Å². The van der Waals surface area contributed by atoms with Crippen LogP contribution in [0.1, 0.15) is 78.1 Å². The molecule has 1 saturated carbocycles. The Morgan fingerprint density at radius 3 is 2.69 bits per heavy atom. The summed E-state index contributed by atoms with van der Waals surface area (Å²) in [5.74, 6) is 0.813. The van der Waals surface area contributed by atoms with Crippen LogP contribution in [0.5, 0.6) is 0 Å². The predicted octanol–water partition coefficient (Wildman–Crippen LogP) is 3.83. The summed E-state index contributed by atoms with van der Waals surface area (Å²) >= 11 is 0. The molecular formula is C24H38N2O3. The van der Waals surface area contributed by atoms with Crippen LogP contribution in [0.4, 0.5) is 0 Å². The van der Waals surface area contributed by atoms with Gasteiger partial charge in [-0.05, 0) is 83.5 Å². The van der Waals surface area contributed by atoms with Gasteiger partial charge in [0.05, 0.1) is 5.60 Å². The summed E-state index contributed by atoms with van der Waals surface area (Å²) in [5.41, 5.74) is 1.49. The van der Waals surface area contributed by atoms with Gasteiger partial charge >= 0.3 is 0 Å². The van der Waals surface area contributed by atoms with Crippen molar-refractivity contribution in [3.63, 3.8) is 0 Å². The first-order chi connectivity index (χ1) is 13.9. The standard InChI is InChI=1S/C24H38N2O3/c1-23(2)16-19(9-15-29-23)22(28)26-13-10-24(11-14-26)17-20(24)21(27)25-12-8-18-6-4-3-5-7-18/h6,19-20H,3-5,7-17H2,1-2H3,(H,25,27). The molecule has 0 bridgehead atoms. The number of piperidine rings is 1. The molecule has 5 nitrogen and oxygen atoms in total. The molecule has 4 aliphatic rings. The van der Waals surface area contributed by atoms with Gasteiger partial charge in [0.15, 0.2) is 0 Å². The summed E-state index contributed by atoms with van der Waals surface area (Å²) in [4.78, 5) is 27.7. The van der Waals surface area contributed by atoms with Crippen molar-refractivity contribution in [1.29, 1.82) is 0 Å². The van der Waals surface area contributed by atoms with Crippen LogP contribution in [0, 0.1) is 17.3 Å². The number of hydrogen-bond acceptors (Lipinski definition) is 3. The molecule has 2 unspecified atom stereocenters. The summed E-state index contributed by atoms with van der Waals surface area (Å²) in [6, 6.07) is 0. The molecule has 0 radical (unpaired) electrons. The van der Waals surface area contributed by atoms with Crippen molar-refractivity contribution in [1.82, 2.24) is 10.2 Å². The second-order valence-corrected chi connectivity index (χ2v) is 10.4. The fourth-order valence-electron chi connectivity index (χ4n) is 5.75. The molecule has 2 aliphatic carbocycles. The van der Waals surface area contributed by atoms with Gasteiger partial charge in [-0.3, -0.25) is 9.59 Å². The maximum Gasteiger partial charge on any atom is 0.225 e. The Balaban J connectivity index is 1.20. The molecule has 1 spiro atoms. The average molecular weight is 403 g/mol. The van der Waals surface area contributed by atoms with Crippen molar-refractivity contribution in [3.8, 4) is 0 Å². The number of carbonyl (C=O) groups is 2. The van der Waals surface area contributed by atoms with Crippen molar-refractivity contribution in [2.24, 2.45) is 17.3 Å². The van der Waals surface area contributed by atoms with Gasteiger partial charge in [0.1, 0.15) is 0 Å². The normalized spacial score (nSPS) is 30.6. The lowest BCUT2D eigenvalue weighted by Crippen LogP contribution is -2.47. The second-order valence-electron chi connectivity index (χ2n) is 10.4. The Morgan fingerprint density at radius 1 is 1.21 bits per heavy atom. The van der Waals surface area contributed by atoms with E-state index in [1.165, 1.54) is 31.3 Å². The Kier molecular flexibility index (Phi) is 6.06. The van der Waals surface area contributed by atoms with E-state index in [1.54, 1.807) is 0 Å². The molecule has 2 heterocycles. The number of nitrogens with zero attached hydrogens (tertiary/aromatic N) is 1. The third kappa shape index (κ3) is 4.87. The van der Waals surface area contributed by atoms with Crippen LogP contribution in [0.15, 0.2) is 11.6 Å². The molecule has 3 fully saturated rings. The first-order valence-electron chi connectivity index (χ1n) is 11.8. The highest BCUT2D eigenvalue weighted by molar-refractivity contribution is 5.83. The Hall–Kier alpha value is -1.36. The minimum absolute atomic E-state index is 0.0974. The van der Waals surface area contributed by atoms with Gasteiger partial charge in [-0.25, -0.2) is 0 Å². The van der Waals surface area contributed by atoms with E-state index in [9.17, 15) is 9.59 Å². The molecule has 0 aromatic carbocycles. The zero-order valence-electron chi connectivity index (χ0n) is 18.3. The number of hydrogen-bond donors (Lipinski definition) is 1. The molecule has 2 aliphatic heterocycles. The van der Waals surface area contributed by atoms with Gasteiger partial charge in [-0.2, -0.15) is 0 Å². The molecule has 0 aromatic heterocycles. The SMILES string of the molecule is CC1(C)CC(C(=O)N2CCC3(CC2)CC3C(=O)NCCC2=CCCCC2)CCO1. The molecule has 2 amide bonds. The van der Waals surface area contributed by atoms with Crippen molar-refractivity contribution >= 4 is 11.8 Å². The highest BCUT2D eigenvalue weighted by Gasteiger charge is 2.58. The quantitative estimate of drug-likeness (QED) is 0.711. The van der Waals surface area contributed by atoms with Gasteiger partial charge in [-0.1, -0.05) is 11.6 Å². The number of allylic oxidation sites excluding steroid dienone is 1. The molecule has 162 valence electrons. The number of amides is 2. The smallest absolute Gasteiger partial charge is 0.225 e. The van der Waals surface area contributed by atoms with E-state index in [-0.39, 0.29) is 28.8 Å². The van der Waals surface area contributed by atoms with Gasteiger partial charge in [0.25, 0.3) is 0 Å². The summed E-state index contributed by atoms with van der Waals surface area (Å²) in [6.45, 7) is 7.24. The lowest BCUT2D eigenvalue weighted by atomic mass is 9.85. The molecule has 2 atom stereocenters. The summed E-state index contributed by atoms with van der Waals surface area (Å²) in [7, 11) is 0. The number of ether oxygens (including phenoxy) is 1. The molecule has 29 heavy (non-hydrogen) atoms. The third-order valence-corrected chi connectivity index (χ3v) is 7.75. The maximum atomic E-state index is 13.0. The minimum atomic E-state index is -0.192. The van der Waals surface area contributed by atoms with Gasteiger partial charge in [0, 0.05) is 38.1 Å². The van der Waals surface area contributed by atoms with E-state index in [2.05, 4.69) is 30.1 Å². The van der Waals surface area contributed by atoms with Crippen molar-refractivity contribution in [3.05, 3.63) is 11.6 Å². The minimum Gasteiger partial charge on any atom is -0.376 e. The van der Waals surface area contributed by atoms with E-state index in [0.29, 0.717) is 12.5 Å². The number of rotatable bonds is 5. The number of likely N-dealkylation sites (tertiary alicyclic amines) is 1. The van der Waals surface area contributed by atoms with Crippen molar-refractivity contribution < 1.29 is 14.3 Å². The van der Waals surface area contributed by atoms with Crippen LogP contribution in [0.2, 0.25) is 0 Å². The average Bonchev–Trinajstić information content (AvgIpc) is 3.41. The molecule has 1 N–H and O–H groups in total. The highest BCUT2D eigenvalue weighted by atomic mass is 16.5. The number of carbonyl (C=O) groups excluding carboxylic acids is 2. The summed E-state index contributed by atoms with van der Waals surface area (Å²) < 4.78 is 5.77. The van der Waals surface area contributed by atoms with E-state index in [1.807, 2.05) is 0 Å². The zero-order valence-corrected chi connectivity index (χ0v) is 18.3. The fourth-order valence-corrected chi connectivity index (χ4v) is 5.75. The van der Waals surface area contributed by atoms with Gasteiger partial charge in [0.2, 0.25) is 11.8 Å². The number of nitrogens with one attached hydrogen (secondary N) is 1. The first-order valence-corrected chi connectivity index (χ1v) is 11.8. The van der Waals surface area contributed by atoms with Crippen molar-refractivity contribution in [2.45, 2.75) is 83.7 Å². The van der Waals surface area contributed by atoms with Crippen LogP contribution >= 0.6 is 0 Å². The second kappa shape index (κ2) is 8.41. The van der Waals surface area contributed by atoms with E-state index in [4.69, 9.17) is 4.74 Å². The van der Waals surface area contributed by atoms with Crippen molar-refractivity contribution in [2.75, 3.05) is 26.2 Å². The van der Waals surface area contributed by atoms with E-state index in [0.717, 1.165) is 58.2 Å². The first kappa shape index (κ1) is 20.9. The summed E-state index contributed by atoms with van der Waals surface area (Å²) in [6.07, 6.45) is 13.0. The third-order valence-electron chi connectivity index (χ3n) is 7.75. The van der Waals surface area contributed by atoms with Crippen LogP contribution in [-0.2, 0) is 14.3 Å². The van der Waals surface area contributed by atoms with Crippen LogP contribution in [0.3, 0.4) is 0 Å².